The number of rotatable bonds is 5. The van der Waals surface area contributed by atoms with E-state index in [1.165, 1.54) is 6.42 Å². The van der Waals surface area contributed by atoms with Gasteiger partial charge in [0, 0.05) is 12.5 Å². The lowest BCUT2D eigenvalue weighted by Gasteiger charge is -2.26. The number of aliphatic carboxylic acids is 1. The molecule has 1 saturated carbocycles. The van der Waals surface area contributed by atoms with Gasteiger partial charge in [0.2, 0.25) is 0 Å². The number of carboxylic acid groups (broad SMARTS) is 1. The second kappa shape index (κ2) is 5.65. The molecule has 1 aromatic heterocycles. The van der Waals surface area contributed by atoms with E-state index >= 15 is 0 Å². The Hall–Kier alpha value is -2.21. The molecule has 0 spiro atoms. The van der Waals surface area contributed by atoms with Crippen LogP contribution in [-0.4, -0.2) is 26.1 Å². The second-order valence-electron chi connectivity index (χ2n) is 5.40. The van der Waals surface area contributed by atoms with Gasteiger partial charge in [0.25, 0.3) is 0 Å². The summed E-state index contributed by atoms with van der Waals surface area (Å²) in [5.41, 5.74) is 9.39. The van der Waals surface area contributed by atoms with E-state index in [-0.39, 0.29) is 6.42 Å². The molecule has 2 aromatic rings. The maximum atomic E-state index is 10.7. The Morgan fingerprint density at radius 3 is 2.57 bits per heavy atom. The zero-order chi connectivity index (χ0) is 14.8. The predicted molar refractivity (Wildman–Crippen MR) is 77.2 cm³/mol. The van der Waals surface area contributed by atoms with Gasteiger partial charge in [-0.3, -0.25) is 4.79 Å². The molecular formula is C15H18N4O2. The topological polar surface area (TPSA) is 94.0 Å². The van der Waals surface area contributed by atoms with E-state index < -0.39 is 5.97 Å². The summed E-state index contributed by atoms with van der Waals surface area (Å²) in [6.07, 6.45) is 3.56. The molecule has 0 aliphatic heterocycles. The molecule has 1 aromatic carbocycles. The third-order valence-corrected chi connectivity index (χ3v) is 4.00. The zero-order valence-electron chi connectivity index (χ0n) is 11.7. The average molecular weight is 286 g/mol. The van der Waals surface area contributed by atoms with Crippen LogP contribution in [0.1, 0.15) is 42.1 Å². The standard InChI is InChI=1S/C15H18N4O2/c16-9-13-15(11-2-1-3-11)19(18-17-13)12-6-4-10(5-7-12)8-14(20)21/h4-7,11H,1-3,8-9,16H2,(H,20,21). The Balaban J connectivity index is 1.92. The van der Waals surface area contributed by atoms with Gasteiger partial charge in [-0.25, -0.2) is 4.68 Å². The van der Waals surface area contributed by atoms with Crippen LogP contribution in [0.4, 0.5) is 0 Å². The molecule has 0 radical (unpaired) electrons. The van der Waals surface area contributed by atoms with E-state index in [2.05, 4.69) is 10.3 Å². The summed E-state index contributed by atoms with van der Waals surface area (Å²) in [4.78, 5) is 10.7. The van der Waals surface area contributed by atoms with Gasteiger partial charge in [0.1, 0.15) is 5.69 Å². The van der Waals surface area contributed by atoms with Gasteiger partial charge in [-0.05, 0) is 30.5 Å². The van der Waals surface area contributed by atoms with Crippen LogP contribution in [-0.2, 0) is 17.8 Å². The maximum Gasteiger partial charge on any atom is 0.307 e. The molecule has 1 heterocycles. The van der Waals surface area contributed by atoms with Crippen molar-refractivity contribution in [3.8, 4) is 5.69 Å². The van der Waals surface area contributed by atoms with E-state index in [9.17, 15) is 4.79 Å². The van der Waals surface area contributed by atoms with Gasteiger partial charge >= 0.3 is 5.97 Å². The van der Waals surface area contributed by atoms with Gasteiger partial charge < -0.3 is 10.8 Å². The number of nitrogens with two attached hydrogens (primary N) is 1. The van der Waals surface area contributed by atoms with Crippen molar-refractivity contribution >= 4 is 5.97 Å². The zero-order valence-corrected chi connectivity index (χ0v) is 11.7. The number of hydrogen-bond donors (Lipinski definition) is 2. The van der Waals surface area contributed by atoms with Crippen LogP contribution in [0.5, 0.6) is 0 Å². The van der Waals surface area contributed by atoms with Crippen LogP contribution >= 0.6 is 0 Å². The lowest BCUT2D eigenvalue weighted by molar-refractivity contribution is -0.136. The largest absolute Gasteiger partial charge is 0.481 e. The molecule has 21 heavy (non-hydrogen) atoms. The fourth-order valence-electron chi connectivity index (χ4n) is 2.68. The fourth-order valence-corrected chi connectivity index (χ4v) is 2.68. The molecule has 6 nitrogen and oxygen atoms in total. The summed E-state index contributed by atoms with van der Waals surface area (Å²) >= 11 is 0. The van der Waals surface area contributed by atoms with E-state index in [4.69, 9.17) is 10.8 Å². The molecule has 3 rings (SSSR count). The fraction of sp³-hybridized carbons (Fsp3) is 0.400. The second-order valence-corrected chi connectivity index (χ2v) is 5.40. The van der Waals surface area contributed by atoms with E-state index in [0.29, 0.717) is 12.5 Å². The molecule has 0 bridgehead atoms. The van der Waals surface area contributed by atoms with Crippen LogP contribution in [0.15, 0.2) is 24.3 Å². The summed E-state index contributed by atoms with van der Waals surface area (Å²) < 4.78 is 1.84. The number of benzene rings is 1. The van der Waals surface area contributed by atoms with Gasteiger partial charge in [0.05, 0.1) is 17.8 Å². The van der Waals surface area contributed by atoms with Crippen molar-refractivity contribution < 1.29 is 9.90 Å². The summed E-state index contributed by atoms with van der Waals surface area (Å²) in [5.74, 6) is -0.346. The molecule has 3 N–H and O–H groups in total. The molecule has 1 fully saturated rings. The maximum absolute atomic E-state index is 10.7. The monoisotopic (exact) mass is 286 g/mol. The first-order chi connectivity index (χ1) is 10.2. The lowest BCUT2D eigenvalue weighted by atomic mass is 9.82. The van der Waals surface area contributed by atoms with Gasteiger partial charge in [-0.2, -0.15) is 0 Å². The predicted octanol–water partition coefficient (Wildman–Crippen LogP) is 1.62. The molecule has 0 atom stereocenters. The molecule has 1 aliphatic rings. The first kappa shape index (κ1) is 13.8. The van der Waals surface area contributed by atoms with Crippen molar-refractivity contribution in [1.29, 1.82) is 0 Å². The molecule has 0 amide bonds. The Kier molecular flexibility index (Phi) is 3.70. The number of aromatic nitrogens is 3. The van der Waals surface area contributed by atoms with Crippen LogP contribution in [0.25, 0.3) is 5.69 Å². The Morgan fingerprint density at radius 1 is 1.33 bits per heavy atom. The highest BCUT2D eigenvalue weighted by atomic mass is 16.4. The van der Waals surface area contributed by atoms with Gasteiger partial charge in [-0.15, -0.1) is 5.10 Å². The lowest BCUT2D eigenvalue weighted by Crippen LogP contribution is -2.17. The van der Waals surface area contributed by atoms with Crippen molar-refractivity contribution in [2.75, 3.05) is 0 Å². The summed E-state index contributed by atoms with van der Waals surface area (Å²) in [7, 11) is 0. The third-order valence-electron chi connectivity index (χ3n) is 4.00. The minimum atomic E-state index is -0.830. The Bertz CT molecular complexity index is 644. The van der Waals surface area contributed by atoms with Crippen molar-refractivity contribution in [2.45, 2.75) is 38.1 Å². The average Bonchev–Trinajstić information content (AvgIpc) is 2.81. The van der Waals surface area contributed by atoms with Gasteiger partial charge in [-0.1, -0.05) is 23.8 Å². The van der Waals surface area contributed by atoms with Crippen molar-refractivity contribution in [3.05, 3.63) is 41.2 Å². The highest BCUT2D eigenvalue weighted by Gasteiger charge is 2.27. The van der Waals surface area contributed by atoms with E-state index in [1.807, 2.05) is 28.9 Å². The molecule has 6 heteroatoms. The van der Waals surface area contributed by atoms with Crippen LogP contribution < -0.4 is 5.73 Å². The number of nitrogens with zero attached hydrogens (tertiary/aromatic N) is 3. The first-order valence-corrected chi connectivity index (χ1v) is 7.14. The molecule has 0 unspecified atom stereocenters. The first-order valence-electron chi connectivity index (χ1n) is 7.14. The SMILES string of the molecule is NCc1nnn(-c2ccc(CC(=O)O)cc2)c1C1CCC1. The number of carbonyl (C=O) groups is 1. The Morgan fingerprint density at radius 2 is 2.05 bits per heavy atom. The molecule has 0 saturated heterocycles. The number of carboxylic acids is 1. The normalized spacial score (nSPS) is 14.9. The summed E-state index contributed by atoms with van der Waals surface area (Å²) in [6.45, 7) is 0.392. The van der Waals surface area contributed by atoms with Crippen molar-refractivity contribution in [1.82, 2.24) is 15.0 Å². The Labute approximate surface area is 122 Å². The van der Waals surface area contributed by atoms with E-state index in [1.54, 1.807) is 0 Å². The minimum Gasteiger partial charge on any atom is -0.481 e. The smallest absolute Gasteiger partial charge is 0.307 e. The van der Waals surface area contributed by atoms with Crippen molar-refractivity contribution in [2.24, 2.45) is 5.73 Å². The summed E-state index contributed by atoms with van der Waals surface area (Å²) in [6, 6.07) is 7.40. The van der Waals surface area contributed by atoms with Crippen LogP contribution in [0.2, 0.25) is 0 Å². The van der Waals surface area contributed by atoms with Crippen molar-refractivity contribution in [3.63, 3.8) is 0 Å². The van der Waals surface area contributed by atoms with Gasteiger partial charge in [0.15, 0.2) is 0 Å². The van der Waals surface area contributed by atoms with Crippen LogP contribution in [0, 0.1) is 0 Å². The minimum absolute atomic E-state index is 0.0289. The highest BCUT2D eigenvalue weighted by molar-refractivity contribution is 5.70. The third kappa shape index (κ3) is 2.67. The quantitative estimate of drug-likeness (QED) is 0.871. The highest BCUT2D eigenvalue weighted by Crippen LogP contribution is 2.38. The molecule has 110 valence electrons. The molecule has 1 aliphatic carbocycles. The number of hydrogen-bond acceptors (Lipinski definition) is 4. The van der Waals surface area contributed by atoms with Crippen LogP contribution in [0.3, 0.4) is 0 Å². The summed E-state index contributed by atoms with van der Waals surface area (Å²) in [5, 5.41) is 17.2. The molecular weight excluding hydrogens is 268 g/mol. The van der Waals surface area contributed by atoms with E-state index in [0.717, 1.165) is 35.5 Å².